The molecule has 0 fully saturated rings. The summed E-state index contributed by atoms with van der Waals surface area (Å²) in [4.78, 5) is 3.51. The average molecular weight is 287 g/mol. The van der Waals surface area contributed by atoms with E-state index in [2.05, 4.69) is 9.71 Å². The lowest BCUT2D eigenvalue weighted by molar-refractivity contribution is 0.557. The fourth-order valence-electron chi connectivity index (χ4n) is 1.29. The number of hydrogen-bond acceptors (Lipinski definition) is 3. The van der Waals surface area contributed by atoms with Gasteiger partial charge in [-0.2, -0.15) is 8.42 Å². The number of pyridine rings is 1. The third-order valence-electron chi connectivity index (χ3n) is 2.08. The van der Waals surface area contributed by atoms with E-state index in [4.69, 9.17) is 11.6 Å². The van der Waals surface area contributed by atoms with Gasteiger partial charge in [0.15, 0.2) is 5.82 Å². The Morgan fingerprint density at radius 3 is 2.44 bits per heavy atom. The lowest BCUT2D eigenvalue weighted by atomic mass is 10.3. The number of benzene rings is 1. The molecular formula is C11H8ClFN2O2S. The Morgan fingerprint density at radius 2 is 1.83 bits per heavy atom. The molecule has 0 unspecified atom stereocenters. The lowest BCUT2D eigenvalue weighted by Crippen LogP contribution is -2.16. The van der Waals surface area contributed by atoms with E-state index in [9.17, 15) is 12.8 Å². The van der Waals surface area contributed by atoms with Crippen molar-refractivity contribution in [3.05, 3.63) is 53.4 Å². The molecular weight excluding hydrogens is 279 g/mol. The van der Waals surface area contributed by atoms with Crippen molar-refractivity contribution >= 4 is 27.3 Å². The predicted molar refractivity (Wildman–Crippen MR) is 66.5 cm³/mol. The summed E-state index contributed by atoms with van der Waals surface area (Å²) in [5.41, 5.74) is 0.282. The molecule has 0 atom stereocenters. The second-order valence-electron chi connectivity index (χ2n) is 3.40. The quantitative estimate of drug-likeness (QED) is 0.944. The van der Waals surface area contributed by atoms with E-state index in [1.54, 1.807) is 0 Å². The maximum atomic E-state index is 13.3. The summed E-state index contributed by atoms with van der Waals surface area (Å²) in [5.74, 6) is -0.904. The van der Waals surface area contributed by atoms with E-state index >= 15 is 0 Å². The van der Waals surface area contributed by atoms with Crippen molar-refractivity contribution in [3.63, 3.8) is 0 Å². The summed E-state index contributed by atoms with van der Waals surface area (Å²) in [6, 6.07) is 8.34. The number of nitrogens with one attached hydrogen (secondary N) is 1. The predicted octanol–water partition coefficient (Wildman–Crippen LogP) is 2.67. The van der Waals surface area contributed by atoms with Gasteiger partial charge in [0.25, 0.3) is 10.0 Å². The number of sulfonamides is 1. The molecule has 0 radical (unpaired) electrons. The second kappa shape index (κ2) is 4.91. The van der Waals surface area contributed by atoms with Crippen molar-refractivity contribution in [3.8, 4) is 0 Å². The Balaban J connectivity index is 2.33. The molecule has 2 rings (SSSR count). The SMILES string of the molecule is O=S(=O)(Nc1ccc(Cl)cc1)c1ncccc1F. The molecule has 7 heteroatoms. The maximum absolute atomic E-state index is 13.3. The molecule has 1 heterocycles. The molecule has 1 aromatic heterocycles. The van der Waals surface area contributed by atoms with Crippen LogP contribution >= 0.6 is 11.6 Å². The Kier molecular flexibility index (Phi) is 3.49. The Bertz CT molecular complexity index is 659. The van der Waals surface area contributed by atoms with Crippen molar-refractivity contribution in [1.29, 1.82) is 0 Å². The van der Waals surface area contributed by atoms with Crippen molar-refractivity contribution in [1.82, 2.24) is 4.98 Å². The second-order valence-corrected chi connectivity index (χ2v) is 5.44. The van der Waals surface area contributed by atoms with Crippen LogP contribution in [0.4, 0.5) is 10.1 Å². The lowest BCUT2D eigenvalue weighted by Gasteiger charge is -2.07. The summed E-state index contributed by atoms with van der Waals surface area (Å²) < 4.78 is 39.3. The van der Waals surface area contributed by atoms with Crippen LogP contribution in [-0.2, 0) is 10.0 Å². The van der Waals surface area contributed by atoms with E-state index in [1.807, 2.05) is 0 Å². The average Bonchev–Trinajstić information content (AvgIpc) is 2.32. The number of aromatic nitrogens is 1. The zero-order chi connectivity index (χ0) is 13.2. The topological polar surface area (TPSA) is 59.1 Å². The Labute approximate surface area is 108 Å². The molecule has 94 valence electrons. The van der Waals surface area contributed by atoms with E-state index in [-0.39, 0.29) is 5.69 Å². The van der Waals surface area contributed by atoms with E-state index in [1.165, 1.54) is 36.5 Å². The molecule has 1 aromatic carbocycles. The number of nitrogens with zero attached hydrogens (tertiary/aromatic N) is 1. The first kappa shape index (κ1) is 12.8. The van der Waals surface area contributed by atoms with Gasteiger partial charge in [-0.15, -0.1) is 0 Å². The third-order valence-corrected chi connectivity index (χ3v) is 3.64. The molecule has 0 bridgehead atoms. The van der Waals surface area contributed by atoms with Gasteiger partial charge in [0.1, 0.15) is 0 Å². The number of halogens is 2. The fraction of sp³-hybridized carbons (Fsp3) is 0. The van der Waals surface area contributed by atoms with Crippen LogP contribution in [0.2, 0.25) is 5.02 Å². The van der Waals surface area contributed by atoms with Gasteiger partial charge < -0.3 is 0 Å². The Hall–Kier alpha value is -1.66. The van der Waals surface area contributed by atoms with Crippen LogP contribution in [0, 0.1) is 5.82 Å². The van der Waals surface area contributed by atoms with Crippen LogP contribution in [-0.4, -0.2) is 13.4 Å². The van der Waals surface area contributed by atoms with Gasteiger partial charge in [-0.3, -0.25) is 4.72 Å². The van der Waals surface area contributed by atoms with Gasteiger partial charge in [-0.05, 0) is 36.4 Å². The monoisotopic (exact) mass is 286 g/mol. The van der Waals surface area contributed by atoms with Crippen LogP contribution in [0.15, 0.2) is 47.6 Å². The summed E-state index contributed by atoms with van der Waals surface area (Å²) >= 11 is 5.68. The molecule has 2 aromatic rings. The Morgan fingerprint density at radius 1 is 1.17 bits per heavy atom. The maximum Gasteiger partial charge on any atom is 0.282 e. The summed E-state index contributed by atoms with van der Waals surface area (Å²) in [6.45, 7) is 0. The molecule has 0 saturated carbocycles. The molecule has 0 spiro atoms. The normalized spacial score (nSPS) is 11.2. The van der Waals surface area contributed by atoms with Crippen molar-refractivity contribution in [2.45, 2.75) is 5.03 Å². The first-order chi connectivity index (χ1) is 8.49. The summed E-state index contributed by atoms with van der Waals surface area (Å²) in [7, 11) is -4.04. The van der Waals surface area contributed by atoms with Crippen molar-refractivity contribution in [2.75, 3.05) is 4.72 Å². The highest BCUT2D eigenvalue weighted by Crippen LogP contribution is 2.18. The summed E-state index contributed by atoms with van der Waals surface area (Å²) in [6.07, 6.45) is 1.21. The van der Waals surface area contributed by atoms with Gasteiger partial charge >= 0.3 is 0 Å². The van der Waals surface area contributed by atoms with Crippen molar-refractivity contribution in [2.24, 2.45) is 0 Å². The first-order valence-electron chi connectivity index (χ1n) is 4.88. The van der Waals surface area contributed by atoms with Gasteiger partial charge in [0, 0.05) is 16.9 Å². The van der Waals surface area contributed by atoms with Crippen LogP contribution in [0.5, 0.6) is 0 Å². The molecule has 0 aliphatic rings. The molecule has 0 amide bonds. The highest BCUT2D eigenvalue weighted by Gasteiger charge is 2.20. The van der Waals surface area contributed by atoms with E-state index in [0.29, 0.717) is 5.02 Å². The molecule has 1 N–H and O–H groups in total. The highest BCUT2D eigenvalue weighted by atomic mass is 35.5. The number of anilines is 1. The smallest absolute Gasteiger partial charge is 0.278 e. The molecule has 18 heavy (non-hydrogen) atoms. The van der Waals surface area contributed by atoms with Gasteiger partial charge in [-0.1, -0.05) is 11.6 Å². The largest absolute Gasteiger partial charge is 0.282 e. The summed E-state index contributed by atoms with van der Waals surface area (Å²) in [5, 5.41) is -0.165. The zero-order valence-corrected chi connectivity index (χ0v) is 10.5. The number of hydrogen-bond donors (Lipinski definition) is 1. The van der Waals surface area contributed by atoms with Gasteiger partial charge in [0.05, 0.1) is 0 Å². The van der Waals surface area contributed by atoms with Crippen LogP contribution in [0.25, 0.3) is 0 Å². The first-order valence-corrected chi connectivity index (χ1v) is 6.74. The standard InChI is InChI=1S/C11H8ClFN2O2S/c12-8-3-5-9(6-4-8)15-18(16,17)11-10(13)2-1-7-14-11/h1-7,15H. The molecule has 0 aliphatic carbocycles. The highest BCUT2D eigenvalue weighted by molar-refractivity contribution is 7.92. The van der Waals surface area contributed by atoms with Gasteiger partial charge in [0.2, 0.25) is 5.03 Å². The fourth-order valence-corrected chi connectivity index (χ4v) is 2.48. The molecule has 0 saturated heterocycles. The minimum absolute atomic E-state index is 0.282. The van der Waals surface area contributed by atoms with Crippen molar-refractivity contribution < 1.29 is 12.8 Å². The van der Waals surface area contributed by atoms with Gasteiger partial charge in [-0.25, -0.2) is 9.37 Å². The minimum atomic E-state index is -4.04. The third kappa shape index (κ3) is 2.77. The zero-order valence-electron chi connectivity index (χ0n) is 8.97. The van der Waals surface area contributed by atoms with Crippen LogP contribution < -0.4 is 4.72 Å². The minimum Gasteiger partial charge on any atom is -0.278 e. The van der Waals surface area contributed by atoms with Crippen LogP contribution in [0.3, 0.4) is 0 Å². The van der Waals surface area contributed by atoms with E-state index < -0.39 is 20.9 Å². The van der Waals surface area contributed by atoms with E-state index in [0.717, 1.165) is 6.07 Å². The molecule has 0 aliphatic heterocycles. The number of rotatable bonds is 3. The molecule has 4 nitrogen and oxygen atoms in total. The van der Waals surface area contributed by atoms with Crippen LogP contribution in [0.1, 0.15) is 0 Å².